The van der Waals surface area contributed by atoms with Crippen molar-refractivity contribution in [3.63, 3.8) is 0 Å². The van der Waals surface area contributed by atoms with Crippen LogP contribution in [-0.4, -0.2) is 50.2 Å². The van der Waals surface area contributed by atoms with E-state index >= 15 is 0 Å². The fourth-order valence-electron chi connectivity index (χ4n) is 2.25. The number of ether oxygens (including phenoxy) is 1. The van der Waals surface area contributed by atoms with Crippen molar-refractivity contribution in [1.82, 2.24) is 10.2 Å². The molecule has 0 aromatic heterocycles. The summed E-state index contributed by atoms with van der Waals surface area (Å²) in [6, 6.07) is 3.98. The van der Waals surface area contributed by atoms with E-state index < -0.39 is 11.7 Å². The topological polar surface area (TPSA) is 41.6 Å². The van der Waals surface area contributed by atoms with E-state index in [9.17, 15) is 9.18 Å². The average Bonchev–Trinajstić information content (AvgIpc) is 2.50. The normalized spacial score (nSPS) is 15.9. The van der Waals surface area contributed by atoms with Crippen molar-refractivity contribution in [2.75, 3.05) is 39.4 Å². The Morgan fingerprint density at radius 3 is 2.86 bits per heavy atom. The molecule has 21 heavy (non-hydrogen) atoms. The van der Waals surface area contributed by atoms with Crippen LogP contribution in [0.2, 0.25) is 5.02 Å². The molecule has 1 aliphatic heterocycles. The fraction of sp³-hybridized carbons (Fsp3) is 0.533. The minimum absolute atomic E-state index is 0.00400. The smallest absolute Gasteiger partial charge is 0.254 e. The summed E-state index contributed by atoms with van der Waals surface area (Å²) in [4.78, 5) is 14.2. The molecule has 1 N–H and O–H groups in total. The molecule has 4 nitrogen and oxygen atoms in total. The molecule has 0 saturated carbocycles. The first kappa shape index (κ1) is 16.2. The first-order valence-corrected chi connectivity index (χ1v) is 7.58. The van der Waals surface area contributed by atoms with Crippen LogP contribution in [-0.2, 0) is 4.74 Å². The summed E-state index contributed by atoms with van der Waals surface area (Å²) in [6.45, 7) is 5.08. The number of rotatable bonds is 6. The predicted octanol–water partition coefficient (Wildman–Crippen LogP) is 2.32. The third kappa shape index (κ3) is 5.26. The lowest BCUT2D eigenvalue weighted by Gasteiger charge is -2.26. The van der Waals surface area contributed by atoms with Gasteiger partial charge < -0.3 is 10.1 Å². The molecular formula is C15H20ClFN2O2. The number of hydrogen-bond acceptors (Lipinski definition) is 3. The minimum Gasteiger partial charge on any atom is -0.379 e. The second-order valence-corrected chi connectivity index (χ2v) is 5.48. The molecule has 0 aliphatic carbocycles. The van der Waals surface area contributed by atoms with Gasteiger partial charge in [0, 0.05) is 24.7 Å². The van der Waals surface area contributed by atoms with E-state index in [-0.39, 0.29) is 5.56 Å². The highest BCUT2D eigenvalue weighted by Crippen LogP contribution is 2.14. The molecule has 1 aliphatic rings. The molecule has 0 spiro atoms. The van der Waals surface area contributed by atoms with E-state index in [0.717, 1.165) is 45.7 Å². The molecule has 0 unspecified atom stereocenters. The number of carbonyl (C=O) groups excluding carboxylic acids is 1. The third-order valence-corrected chi connectivity index (χ3v) is 3.70. The van der Waals surface area contributed by atoms with Gasteiger partial charge in [0.15, 0.2) is 0 Å². The maximum atomic E-state index is 13.5. The van der Waals surface area contributed by atoms with Crippen molar-refractivity contribution in [3.05, 3.63) is 34.6 Å². The van der Waals surface area contributed by atoms with Crippen molar-refractivity contribution >= 4 is 17.5 Å². The van der Waals surface area contributed by atoms with E-state index in [0.29, 0.717) is 11.6 Å². The van der Waals surface area contributed by atoms with Gasteiger partial charge in [0.25, 0.3) is 5.91 Å². The number of nitrogens with one attached hydrogen (secondary N) is 1. The number of morpholine rings is 1. The number of amides is 1. The van der Waals surface area contributed by atoms with Gasteiger partial charge in [-0.2, -0.15) is 0 Å². The summed E-state index contributed by atoms with van der Waals surface area (Å²) >= 11 is 5.77. The minimum atomic E-state index is -0.551. The molecule has 1 aromatic carbocycles. The van der Waals surface area contributed by atoms with Gasteiger partial charge in [0.2, 0.25) is 0 Å². The molecule has 1 amide bonds. The first-order chi connectivity index (χ1) is 10.2. The summed E-state index contributed by atoms with van der Waals surface area (Å²) in [5.74, 6) is -0.966. The summed E-state index contributed by atoms with van der Waals surface area (Å²) < 4.78 is 18.8. The highest BCUT2D eigenvalue weighted by Gasteiger charge is 2.12. The van der Waals surface area contributed by atoms with E-state index in [1.54, 1.807) is 0 Å². The van der Waals surface area contributed by atoms with E-state index in [1.165, 1.54) is 18.2 Å². The summed E-state index contributed by atoms with van der Waals surface area (Å²) in [5.41, 5.74) is -0.00400. The maximum Gasteiger partial charge on any atom is 0.254 e. The highest BCUT2D eigenvalue weighted by molar-refractivity contribution is 6.30. The zero-order valence-electron chi connectivity index (χ0n) is 11.9. The molecule has 1 aromatic rings. The average molecular weight is 315 g/mol. The molecule has 116 valence electrons. The number of benzene rings is 1. The lowest BCUT2D eigenvalue weighted by molar-refractivity contribution is 0.0372. The van der Waals surface area contributed by atoms with Crippen molar-refractivity contribution in [1.29, 1.82) is 0 Å². The predicted molar refractivity (Wildman–Crippen MR) is 80.2 cm³/mol. The van der Waals surface area contributed by atoms with Crippen LogP contribution in [0.1, 0.15) is 23.2 Å². The Balaban J connectivity index is 1.66. The Kier molecular flexibility index (Phi) is 6.42. The monoisotopic (exact) mass is 314 g/mol. The van der Waals surface area contributed by atoms with Gasteiger partial charge in [-0.25, -0.2) is 4.39 Å². The van der Waals surface area contributed by atoms with Crippen molar-refractivity contribution < 1.29 is 13.9 Å². The molecule has 1 saturated heterocycles. The zero-order chi connectivity index (χ0) is 15.1. The van der Waals surface area contributed by atoms with Crippen LogP contribution < -0.4 is 5.32 Å². The molecule has 0 radical (unpaired) electrons. The molecule has 6 heteroatoms. The fourth-order valence-corrected chi connectivity index (χ4v) is 2.43. The Morgan fingerprint density at radius 2 is 2.10 bits per heavy atom. The zero-order valence-corrected chi connectivity index (χ0v) is 12.7. The second kappa shape index (κ2) is 8.32. The van der Waals surface area contributed by atoms with Gasteiger partial charge in [-0.3, -0.25) is 9.69 Å². The third-order valence-electron chi connectivity index (χ3n) is 3.46. The summed E-state index contributed by atoms with van der Waals surface area (Å²) in [7, 11) is 0. The van der Waals surface area contributed by atoms with Crippen LogP contribution in [0.25, 0.3) is 0 Å². The lowest BCUT2D eigenvalue weighted by Crippen LogP contribution is -2.37. The largest absolute Gasteiger partial charge is 0.379 e. The Bertz CT molecular complexity index is 479. The van der Waals surface area contributed by atoms with Crippen LogP contribution in [0.4, 0.5) is 4.39 Å². The number of carbonyl (C=O) groups is 1. The summed E-state index contributed by atoms with van der Waals surface area (Å²) in [5, 5.41) is 3.08. The van der Waals surface area contributed by atoms with E-state index in [4.69, 9.17) is 16.3 Å². The van der Waals surface area contributed by atoms with Gasteiger partial charge in [0.1, 0.15) is 5.82 Å². The lowest BCUT2D eigenvalue weighted by atomic mass is 10.2. The number of unbranched alkanes of at least 4 members (excludes halogenated alkanes) is 1. The van der Waals surface area contributed by atoms with Crippen molar-refractivity contribution in [2.24, 2.45) is 0 Å². The highest BCUT2D eigenvalue weighted by atomic mass is 35.5. The van der Waals surface area contributed by atoms with Gasteiger partial charge in [-0.15, -0.1) is 0 Å². The van der Waals surface area contributed by atoms with Crippen molar-refractivity contribution in [2.45, 2.75) is 12.8 Å². The van der Waals surface area contributed by atoms with Gasteiger partial charge in [-0.1, -0.05) is 11.6 Å². The Hall–Kier alpha value is -1.17. The van der Waals surface area contributed by atoms with Gasteiger partial charge >= 0.3 is 0 Å². The Labute approximate surface area is 129 Å². The molecule has 1 fully saturated rings. The molecule has 1 heterocycles. The quantitative estimate of drug-likeness (QED) is 0.819. The van der Waals surface area contributed by atoms with Crippen LogP contribution in [0.3, 0.4) is 0 Å². The van der Waals surface area contributed by atoms with Crippen LogP contribution in [0.15, 0.2) is 18.2 Å². The Morgan fingerprint density at radius 1 is 1.33 bits per heavy atom. The molecule has 0 bridgehead atoms. The first-order valence-electron chi connectivity index (χ1n) is 7.20. The van der Waals surface area contributed by atoms with Crippen molar-refractivity contribution in [3.8, 4) is 0 Å². The summed E-state index contributed by atoms with van der Waals surface area (Å²) in [6.07, 6.45) is 1.86. The van der Waals surface area contributed by atoms with Gasteiger partial charge in [-0.05, 0) is 37.6 Å². The van der Waals surface area contributed by atoms with E-state index in [1.807, 2.05) is 0 Å². The number of halogens is 2. The standard InChI is InChI=1S/C15H20ClFN2O2/c16-12-3-4-14(17)13(11-12)15(20)18-5-1-2-6-19-7-9-21-10-8-19/h3-4,11H,1-2,5-10H2,(H,18,20). The van der Waals surface area contributed by atoms with Gasteiger partial charge in [0.05, 0.1) is 18.8 Å². The van der Waals surface area contributed by atoms with Crippen LogP contribution >= 0.6 is 11.6 Å². The second-order valence-electron chi connectivity index (χ2n) is 5.04. The maximum absolute atomic E-state index is 13.5. The van der Waals surface area contributed by atoms with Crippen LogP contribution in [0.5, 0.6) is 0 Å². The molecule has 0 atom stereocenters. The van der Waals surface area contributed by atoms with E-state index in [2.05, 4.69) is 10.2 Å². The number of nitrogens with zero attached hydrogens (tertiary/aromatic N) is 1. The van der Waals surface area contributed by atoms with Crippen LogP contribution in [0, 0.1) is 5.82 Å². The number of hydrogen-bond donors (Lipinski definition) is 1. The SMILES string of the molecule is O=C(NCCCCN1CCOCC1)c1cc(Cl)ccc1F. The molecular weight excluding hydrogens is 295 g/mol. The molecule has 2 rings (SSSR count).